The second kappa shape index (κ2) is 8.29. The molecule has 3 aromatic carbocycles. The highest BCUT2D eigenvalue weighted by atomic mass is 19.1. The molecule has 29 heavy (non-hydrogen) atoms. The Morgan fingerprint density at radius 1 is 0.966 bits per heavy atom. The number of aliphatic hydroxyl groups is 1. The van der Waals surface area contributed by atoms with E-state index in [2.05, 4.69) is 4.98 Å². The first-order valence-electron chi connectivity index (χ1n) is 9.35. The molecule has 0 bridgehead atoms. The molecule has 0 fully saturated rings. The number of halogens is 1. The van der Waals surface area contributed by atoms with Crippen molar-refractivity contribution in [1.29, 1.82) is 0 Å². The molecule has 4 rings (SSSR count). The topological polar surface area (TPSA) is 47.3 Å². The SMILES string of the molecule is COc1cccc(F)c1-c1c(-c2ccccc2)ncn1CC(O)c1ccccc1. The van der Waals surface area contributed by atoms with Crippen LogP contribution >= 0.6 is 0 Å². The number of imidazole rings is 1. The molecule has 0 aliphatic carbocycles. The zero-order chi connectivity index (χ0) is 20.2. The van der Waals surface area contributed by atoms with E-state index in [0.717, 1.165) is 11.1 Å². The maximum Gasteiger partial charge on any atom is 0.136 e. The fourth-order valence-corrected chi connectivity index (χ4v) is 3.46. The summed E-state index contributed by atoms with van der Waals surface area (Å²) in [5.74, 6) is 0.00983. The van der Waals surface area contributed by atoms with Crippen molar-refractivity contribution < 1.29 is 14.2 Å². The standard InChI is InChI=1S/C24H21FN2O2/c1-29-21-14-8-13-19(25)22(21)24-23(18-11-6-3-7-12-18)26-16-27(24)15-20(28)17-9-4-2-5-10-17/h2-14,16,20,28H,15H2,1H3. The number of ether oxygens (including phenoxy) is 1. The van der Waals surface area contributed by atoms with Crippen molar-refractivity contribution in [3.63, 3.8) is 0 Å². The molecule has 1 unspecified atom stereocenters. The molecule has 1 N–H and O–H groups in total. The van der Waals surface area contributed by atoms with Gasteiger partial charge in [-0.3, -0.25) is 0 Å². The van der Waals surface area contributed by atoms with E-state index < -0.39 is 11.9 Å². The third kappa shape index (κ3) is 3.77. The van der Waals surface area contributed by atoms with E-state index in [1.807, 2.05) is 60.7 Å². The highest BCUT2D eigenvalue weighted by molar-refractivity contribution is 5.82. The largest absolute Gasteiger partial charge is 0.496 e. The monoisotopic (exact) mass is 388 g/mol. The second-order valence-corrected chi connectivity index (χ2v) is 6.70. The molecule has 5 heteroatoms. The molecule has 0 spiro atoms. The van der Waals surface area contributed by atoms with E-state index in [1.54, 1.807) is 23.0 Å². The minimum absolute atomic E-state index is 0.233. The molecular weight excluding hydrogens is 367 g/mol. The van der Waals surface area contributed by atoms with Gasteiger partial charge in [0.1, 0.15) is 11.6 Å². The molecule has 4 nitrogen and oxygen atoms in total. The molecule has 146 valence electrons. The predicted molar refractivity (Wildman–Crippen MR) is 111 cm³/mol. The average Bonchev–Trinajstić information content (AvgIpc) is 3.17. The van der Waals surface area contributed by atoms with E-state index in [-0.39, 0.29) is 6.54 Å². The van der Waals surface area contributed by atoms with E-state index in [4.69, 9.17) is 4.74 Å². The molecule has 1 atom stereocenters. The van der Waals surface area contributed by atoms with Crippen molar-refractivity contribution in [3.05, 3.63) is 96.6 Å². The molecule has 0 saturated heterocycles. The molecular formula is C24H21FN2O2. The molecule has 1 aromatic heterocycles. The van der Waals surface area contributed by atoms with E-state index in [0.29, 0.717) is 22.7 Å². The third-order valence-electron chi connectivity index (χ3n) is 4.87. The van der Waals surface area contributed by atoms with Gasteiger partial charge >= 0.3 is 0 Å². The van der Waals surface area contributed by atoms with Crippen molar-refractivity contribution in [3.8, 4) is 28.3 Å². The van der Waals surface area contributed by atoms with Crippen LogP contribution in [-0.2, 0) is 6.54 Å². The summed E-state index contributed by atoms with van der Waals surface area (Å²) < 4.78 is 22.2. The number of methoxy groups -OCH3 is 1. The normalized spacial score (nSPS) is 12.0. The Balaban J connectivity index is 1.86. The first kappa shape index (κ1) is 18.9. The molecule has 4 aromatic rings. The Morgan fingerprint density at radius 2 is 1.66 bits per heavy atom. The fourth-order valence-electron chi connectivity index (χ4n) is 3.46. The summed E-state index contributed by atoms with van der Waals surface area (Å²) in [5, 5.41) is 10.7. The zero-order valence-corrected chi connectivity index (χ0v) is 16.0. The summed E-state index contributed by atoms with van der Waals surface area (Å²) in [6.45, 7) is 0.233. The van der Waals surface area contributed by atoms with Crippen LogP contribution in [0, 0.1) is 5.82 Å². The van der Waals surface area contributed by atoms with Crippen LogP contribution in [0.4, 0.5) is 4.39 Å². The van der Waals surface area contributed by atoms with Crippen molar-refractivity contribution in [1.82, 2.24) is 9.55 Å². The Labute approximate surface area is 168 Å². The van der Waals surface area contributed by atoms with Gasteiger partial charge in [0, 0.05) is 5.56 Å². The number of hydrogen-bond acceptors (Lipinski definition) is 3. The summed E-state index contributed by atoms with van der Waals surface area (Å²) in [4.78, 5) is 4.56. The average molecular weight is 388 g/mol. The van der Waals surface area contributed by atoms with Gasteiger partial charge in [-0.25, -0.2) is 9.37 Å². The van der Waals surface area contributed by atoms with Crippen LogP contribution < -0.4 is 4.74 Å². The number of nitrogens with zero attached hydrogens (tertiary/aromatic N) is 2. The van der Waals surface area contributed by atoms with Crippen molar-refractivity contribution in [2.75, 3.05) is 7.11 Å². The Hall–Kier alpha value is -3.44. The van der Waals surface area contributed by atoms with Gasteiger partial charge in [-0.2, -0.15) is 0 Å². The maximum atomic E-state index is 15.0. The van der Waals surface area contributed by atoms with Crippen LogP contribution in [0.15, 0.2) is 85.2 Å². The first-order chi connectivity index (χ1) is 14.2. The minimum atomic E-state index is -0.759. The van der Waals surface area contributed by atoms with Gasteiger partial charge in [0.2, 0.25) is 0 Å². The Bertz CT molecular complexity index is 1090. The van der Waals surface area contributed by atoms with E-state index in [1.165, 1.54) is 13.2 Å². The molecule has 0 aliphatic rings. The quantitative estimate of drug-likeness (QED) is 0.500. The predicted octanol–water partition coefficient (Wildman–Crippen LogP) is 5.10. The minimum Gasteiger partial charge on any atom is -0.496 e. The van der Waals surface area contributed by atoms with Crippen molar-refractivity contribution >= 4 is 0 Å². The number of benzene rings is 3. The number of hydrogen-bond donors (Lipinski definition) is 1. The lowest BCUT2D eigenvalue weighted by Crippen LogP contribution is -2.10. The van der Waals surface area contributed by atoms with Crippen molar-refractivity contribution in [2.45, 2.75) is 12.6 Å². The van der Waals surface area contributed by atoms with Gasteiger partial charge in [0.25, 0.3) is 0 Å². The maximum absolute atomic E-state index is 15.0. The number of aromatic nitrogens is 2. The van der Waals surface area contributed by atoms with Crippen LogP contribution in [0.25, 0.3) is 22.5 Å². The molecule has 0 radical (unpaired) electrons. The first-order valence-corrected chi connectivity index (χ1v) is 9.35. The Morgan fingerprint density at radius 3 is 2.34 bits per heavy atom. The van der Waals surface area contributed by atoms with E-state index >= 15 is 0 Å². The molecule has 0 amide bonds. The van der Waals surface area contributed by atoms with E-state index in [9.17, 15) is 9.50 Å². The summed E-state index contributed by atoms with van der Waals surface area (Å²) in [5.41, 5.74) is 3.18. The Kier molecular flexibility index (Phi) is 5.40. The number of aliphatic hydroxyl groups excluding tert-OH is 1. The van der Waals surface area contributed by atoms with Crippen LogP contribution in [0.3, 0.4) is 0 Å². The summed E-state index contributed by atoms with van der Waals surface area (Å²) in [7, 11) is 1.51. The van der Waals surface area contributed by atoms with Gasteiger partial charge in [-0.15, -0.1) is 0 Å². The van der Waals surface area contributed by atoms with Gasteiger partial charge in [0.15, 0.2) is 0 Å². The van der Waals surface area contributed by atoms with Crippen LogP contribution in [0.1, 0.15) is 11.7 Å². The van der Waals surface area contributed by atoms with Gasteiger partial charge < -0.3 is 14.4 Å². The van der Waals surface area contributed by atoms with Gasteiger partial charge in [-0.05, 0) is 17.7 Å². The highest BCUT2D eigenvalue weighted by Crippen LogP contribution is 2.39. The fraction of sp³-hybridized carbons (Fsp3) is 0.125. The number of rotatable bonds is 6. The van der Waals surface area contributed by atoms with Crippen LogP contribution in [-0.4, -0.2) is 21.8 Å². The molecule has 0 aliphatic heterocycles. The zero-order valence-electron chi connectivity index (χ0n) is 16.0. The molecule has 1 heterocycles. The molecule has 0 saturated carbocycles. The van der Waals surface area contributed by atoms with Gasteiger partial charge in [0.05, 0.1) is 43.0 Å². The van der Waals surface area contributed by atoms with Crippen molar-refractivity contribution in [2.24, 2.45) is 0 Å². The lowest BCUT2D eigenvalue weighted by atomic mass is 10.0. The smallest absolute Gasteiger partial charge is 0.136 e. The highest BCUT2D eigenvalue weighted by Gasteiger charge is 2.23. The summed E-state index contributed by atoms with van der Waals surface area (Å²) >= 11 is 0. The summed E-state index contributed by atoms with van der Waals surface area (Å²) in [6, 6.07) is 23.7. The lowest BCUT2D eigenvalue weighted by molar-refractivity contribution is 0.157. The second-order valence-electron chi connectivity index (χ2n) is 6.70. The lowest BCUT2D eigenvalue weighted by Gasteiger charge is -2.17. The van der Waals surface area contributed by atoms with Crippen LogP contribution in [0.5, 0.6) is 5.75 Å². The third-order valence-corrected chi connectivity index (χ3v) is 4.87. The van der Waals surface area contributed by atoms with Crippen LogP contribution in [0.2, 0.25) is 0 Å². The summed E-state index contributed by atoms with van der Waals surface area (Å²) in [6.07, 6.45) is 0.876. The van der Waals surface area contributed by atoms with Gasteiger partial charge in [-0.1, -0.05) is 66.7 Å².